The second-order valence-electron chi connectivity index (χ2n) is 17.0. The number of rotatable bonds is 12. The molecule has 8 nitrogen and oxygen atoms in total. The Morgan fingerprint density at radius 2 is 1.24 bits per heavy atom. The van der Waals surface area contributed by atoms with Crippen LogP contribution in [0.4, 0.5) is 5.69 Å². The van der Waals surface area contributed by atoms with Gasteiger partial charge < -0.3 is 19.5 Å². The fourth-order valence-electron chi connectivity index (χ4n) is 10.5. The summed E-state index contributed by atoms with van der Waals surface area (Å²) in [7, 11) is 4.01. The van der Waals surface area contributed by atoms with Crippen LogP contribution in [-0.2, 0) is 23.9 Å². The molecule has 0 aliphatic heterocycles. The number of carbonyl (C=O) groups is 3. The summed E-state index contributed by atoms with van der Waals surface area (Å²) in [6.07, 6.45) is 28.5. The summed E-state index contributed by atoms with van der Waals surface area (Å²) in [6, 6.07) is 7.67. The zero-order chi connectivity index (χ0) is 37.7. The Bertz CT molecular complexity index is 1700. The molecular weight excluding hydrogens is 677 g/mol. The Balaban J connectivity index is 0.880. The summed E-state index contributed by atoms with van der Waals surface area (Å²) < 4.78 is 14.6. The number of aliphatic hydroxyl groups excluding tert-OH is 1. The number of allylic oxidation sites excluding steroid dienone is 7. The fourth-order valence-corrected chi connectivity index (χ4v) is 10.5. The normalized spacial score (nSPS) is 27.9. The van der Waals surface area contributed by atoms with Crippen LogP contribution in [0.3, 0.4) is 0 Å². The number of hydrogen-bond acceptors (Lipinski definition) is 7. The first-order chi connectivity index (χ1) is 26.2. The van der Waals surface area contributed by atoms with Gasteiger partial charge in [-0.2, -0.15) is 0 Å². The molecule has 0 atom stereocenters. The van der Waals surface area contributed by atoms with Gasteiger partial charge in [0.2, 0.25) is 5.78 Å². The van der Waals surface area contributed by atoms with Crippen LogP contribution in [-0.4, -0.2) is 71.5 Å². The molecule has 0 bridgehead atoms. The van der Waals surface area contributed by atoms with Gasteiger partial charge in [-0.05, 0) is 131 Å². The molecule has 0 radical (unpaired) electrons. The Kier molecular flexibility index (Phi) is 11.9. The number of benzene rings is 1. The van der Waals surface area contributed by atoms with Gasteiger partial charge in [-0.25, -0.2) is 4.58 Å². The Labute approximate surface area is 322 Å². The van der Waals surface area contributed by atoms with Gasteiger partial charge in [-0.1, -0.05) is 37.8 Å². The van der Waals surface area contributed by atoms with Crippen molar-refractivity contribution in [2.45, 2.75) is 140 Å². The summed E-state index contributed by atoms with van der Waals surface area (Å²) in [5.41, 5.74) is 3.60. The van der Waals surface area contributed by atoms with E-state index < -0.39 is 0 Å². The minimum absolute atomic E-state index is 0.0227. The van der Waals surface area contributed by atoms with E-state index in [0.29, 0.717) is 72.9 Å². The molecule has 6 aliphatic carbocycles. The van der Waals surface area contributed by atoms with Crippen molar-refractivity contribution in [2.75, 3.05) is 32.1 Å². The van der Waals surface area contributed by atoms with Gasteiger partial charge >= 0.3 is 11.9 Å². The SMILES string of the molecule is CN(CCCC(=O)OC12CCCCC1CCCC2)c1ccc(C2=C(O)C(=C3C=CC(=[N+](C)CCCC(=O)OC45CCCCC4CCCC5)C=C3)C2=O)cc1. The number of ketones is 1. The molecule has 7 rings (SSSR count). The molecule has 8 heteroatoms. The minimum atomic E-state index is -0.210. The number of fused-ring (bicyclic) bond motifs is 2. The molecule has 1 aromatic rings. The lowest BCUT2D eigenvalue weighted by molar-refractivity contribution is -0.496. The molecule has 1 N–H and O–H groups in total. The first-order valence-corrected chi connectivity index (χ1v) is 21.1. The molecular formula is C46H61N2O6+. The van der Waals surface area contributed by atoms with Gasteiger partial charge in [0.1, 0.15) is 30.6 Å². The van der Waals surface area contributed by atoms with Crippen molar-refractivity contribution in [3.8, 4) is 0 Å². The van der Waals surface area contributed by atoms with E-state index in [1.165, 1.54) is 51.4 Å². The van der Waals surface area contributed by atoms with Crippen molar-refractivity contribution < 1.29 is 33.5 Å². The zero-order valence-corrected chi connectivity index (χ0v) is 32.7. The average Bonchev–Trinajstić information content (AvgIpc) is 3.18. The van der Waals surface area contributed by atoms with Gasteiger partial charge in [0, 0.05) is 44.3 Å². The maximum atomic E-state index is 13.3. The number of anilines is 1. The molecule has 4 fully saturated rings. The van der Waals surface area contributed by atoms with Crippen molar-refractivity contribution in [2.24, 2.45) is 11.8 Å². The molecule has 290 valence electrons. The topological polar surface area (TPSA) is 96.2 Å². The van der Waals surface area contributed by atoms with E-state index in [9.17, 15) is 19.5 Å². The van der Waals surface area contributed by atoms with Crippen LogP contribution in [0.1, 0.15) is 134 Å². The van der Waals surface area contributed by atoms with Gasteiger partial charge in [0.25, 0.3) is 0 Å². The summed E-state index contributed by atoms with van der Waals surface area (Å²) in [4.78, 5) is 41.2. The van der Waals surface area contributed by atoms with Crippen molar-refractivity contribution in [1.82, 2.24) is 0 Å². The monoisotopic (exact) mass is 737 g/mol. The fraction of sp³-hybridized carbons (Fsp3) is 0.609. The summed E-state index contributed by atoms with van der Waals surface area (Å²) in [5, 5.41) is 11.0. The lowest BCUT2D eigenvalue weighted by Crippen LogP contribution is -2.46. The van der Waals surface area contributed by atoms with E-state index in [1.807, 2.05) is 62.7 Å². The average molecular weight is 738 g/mol. The smallest absolute Gasteiger partial charge is 0.306 e. The maximum Gasteiger partial charge on any atom is 0.306 e. The highest BCUT2D eigenvalue weighted by atomic mass is 16.6. The maximum absolute atomic E-state index is 13.3. The van der Waals surface area contributed by atoms with Crippen molar-refractivity contribution >= 4 is 34.7 Å². The first-order valence-electron chi connectivity index (χ1n) is 21.1. The van der Waals surface area contributed by atoms with Gasteiger partial charge in [0.15, 0.2) is 5.71 Å². The van der Waals surface area contributed by atoms with Crippen LogP contribution < -0.4 is 4.90 Å². The third kappa shape index (κ3) is 8.18. The van der Waals surface area contributed by atoms with Crippen LogP contribution >= 0.6 is 0 Å². The standard InChI is InChI=1S/C46H60N2O6/c1-47(31-11-17-39(49)53-45-27-7-3-13-35(45)14-4-8-28-45)37-23-19-33(20-24-37)41-43(51)42(44(41)52)34-21-25-38(26-22-34)48(2)32-12-18-40(50)54-46-29-9-5-15-36(46)16-6-10-30-46/h19-26,35-36H,3-18,27-32H2,1-2H3/p+1. The Hall–Kier alpha value is -3.94. The highest BCUT2D eigenvalue weighted by Gasteiger charge is 2.46. The molecule has 6 aliphatic rings. The van der Waals surface area contributed by atoms with Crippen molar-refractivity contribution in [1.29, 1.82) is 0 Å². The van der Waals surface area contributed by atoms with E-state index >= 15 is 0 Å². The molecule has 4 saturated carbocycles. The summed E-state index contributed by atoms with van der Waals surface area (Å²) >= 11 is 0. The van der Waals surface area contributed by atoms with Gasteiger partial charge in [0.05, 0.1) is 17.6 Å². The second-order valence-corrected chi connectivity index (χ2v) is 17.0. The molecule has 0 heterocycles. The largest absolute Gasteiger partial charge is 0.506 e. The number of carbonyl (C=O) groups excluding carboxylic acids is 3. The molecule has 0 spiro atoms. The number of Topliss-reactive ketones (excluding diaryl/α,β-unsaturated/α-hetero) is 1. The number of aliphatic hydroxyl groups is 1. The lowest BCUT2D eigenvalue weighted by Gasteiger charge is -2.46. The van der Waals surface area contributed by atoms with E-state index in [4.69, 9.17) is 9.47 Å². The van der Waals surface area contributed by atoms with E-state index in [0.717, 1.165) is 62.8 Å². The van der Waals surface area contributed by atoms with E-state index in [2.05, 4.69) is 9.48 Å². The van der Waals surface area contributed by atoms with Crippen LogP contribution in [0.5, 0.6) is 0 Å². The molecule has 0 unspecified atom stereocenters. The zero-order valence-electron chi connectivity index (χ0n) is 32.7. The van der Waals surface area contributed by atoms with Crippen molar-refractivity contribution in [3.63, 3.8) is 0 Å². The van der Waals surface area contributed by atoms with Gasteiger partial charge in [-0.3, -0.25) is 14.4 Å². The third-order valence-electron chi connectivity index (χ3n) is 13.6. The molecule has 0 aromatic heterocycles. The number of esters is 2. The van der Waals surface area contributed by atoms with Crippen LogP contribution in [0.25, 0.3) is 5.57 Å². The van der Waals surface area contributed by atoms with Crippen LogP contribution in [0, 0.1) is 11.8 Å². The van der Waals surface area contributed by atoms with E-state index in [1.54, 1.807) is 0 Å². The highest BCUT2D eigenvalue weighted by Crippen LogP contribution is 2.48. The second kappa shape index (κ2) is 16.8. The third-order valence-corrected chi connectivity index (χ3v) is 13.6. The summed E-state index contributed by atoms with van der Waals surface area (Å²) in [5.74, 6) is 0.814. The molecule has 0 amide bonds. The summed E-state index contributed by atoms with van der Waals surface area (Å²) in [6.45, 7) is 1.43. The van der Waals surface area contributed by atoms with Crippen LogP contribution in [0.15, 0.2) is 65.5 Å². The van der Waals surface area contributed by atoms with E-state index in [-0.39, 0.29) is 34.7 Å². The van der Waals surface area contributed by atoms with Crippen LogP contribution in [0.2, 0.25) is 0 Å². The predicted octanol–water partition coefficient (Wildman–Crippen LogP) is 9.13. The quantitative estimate of drug-likeness (QED) is 0.130. The first kappa shape index (κ1) is 38.3. The number of ether oxygens (including phenoxy) is 2. The molecule has 0 saturated heterocycles. The lowest BCUT2D eigenvalue weighted by atomic mass is 9.67. The van der Waals surface area contributed by atoms with Gasteiger partial charge in [-0.15, -0.1) is 0 Å². The molecule has 1 aromatic carbocycles. The minimum Gasteiger partial charge on any atom is -0.506 e. The number of hydrogen-bond donors (Lipinski definition) is 1. The molecule has 54 heavy (non-hydrogen) atoms. The number of nitrogens with zero attached hydrogens (tertiary/aromatic N) is 2. The highest BCUT2D eigenvalue weighted by molar-refractivity contribution is 6.39. The van der Waals surface area contributed by atoms with Crippen molar-refractivity contribution in [3.05, 3.63) is 71.0 Å². The Morgan fingerprint density at radius 3 is 1.74 bits per heavy atom. The Morgan fingerprint density at radius 1 is 0.741 bits per heavy atom. The predicted molar refractivity (Wildman–Crippen MR) is 213 cm³/mol.